The zero-order chi connectivity index (χ0) is 20.0. The zero-order valence-corrected chi connectivity index (χ0v) is 16.4. The van der Waals surface area contributed by atoms with Crippen molar-refractivity contribution in [3.63, 3.8) is 0 Å². The first kappa shape index (κ1) is 17.6. The lowest BCUT2D eigenvalue weighted by atomic mass is 9.94. The molecule has 3 heterocycles. The van der Waals surface area contributed by atoms with Gasteiger partial charge in [0.1, 0.15) is 0 Å². The first-order chi connectivity index (χ1) is 14.1. The predicted molar refractivity (Wildman–Crippen MR) is 109 cm³/mol. The summed E-state index contributed by atoms with van der Waals surface area (Å²) in [6, 6.07) is 14.0. The van der Waals surface area contributed by atoms with E-state index in [1.165, 1.54) is 5.56 Å². The van der Waals surface area contributed by atoms with Crippen molar-refractivity contribution >= 4 is 11.4 Å². The molecule has 0 aliphatic carbocycles. The molecule has 1 atom stereocenters. The second kappa shape index (κ2) is 6.84. The maximum Gasteiger partial charge on any atom is 0.231 e. The number of ether oxygens (including phenoxy) is 2. The number of anilines is 1. The van der Waals surface area contributed by atoms with Crippen LogP contribution >= 0.6 is 0 Å². The molecule has 5 rings (SSSR count). The molecule has 3 aromatic rings. The van der Waals surface area contributed by atoms with Gasteiger partial charge in [-0.3, -0.25) is 5.01 Å². The third-order valence-corrected chi connectivity index (χ3v) is 5.28. The van der Waals surface area contributed by atoms with Crippen molar-refractivity contribution in [3.05, 3.63) is 70.6 Å². The molecular formula is C22H22N4O3. The Balaban J connectivity index is 1.62. The van der Waals surface area contributed by atoms with Crippen LogP contribution in [0.3, 0.4) is 0 Å². The number of hydrazone groups is 1. The molecule has 29 heavy (non-hydrogen) atoms. The second-order valence-corrected chi connectivity index (χ2v) is 7.52. The first-order valence-electron chi connectivity index (χ1n) is 9.63. The lowest BCUT2D eigenvalue weighted by molar-refractivity contribution is 0.173. The molecule has 2 aromatic carbocycles. The van der Waals surface area contributed by atoms with E-state index >= 15 is 0 Å². The van der Waals surface area contributed by atoms with Crippen molar-refractivity contribution in [2.24, 2.45) is 5.10 Å². The van der Waals surface area contributed by atoms with E-state index in [0.717, 1.165) is 51.9 Å². The molecule has 1 unspecified atom stereocenters. The van der Waals surface area contributed by atoms with Crippen LogP contribution in [0.25, 0.3) is 0 Å². The minimum atomic E-state index is 0.158. The highest BCUT2D eigenvalue weighted by atomic mass is 16.7. The third kappa shape index (κ3) is 3.29. The molecule has 0 amide bonds. The van der Waals surface area contributed by atoms with Gasteiger partial charge in [0.25, 0.3) is 0 Å². The van der Waals surface area contributed by atoms with Crippen LogP contribution in [0.2, 0.25) is 0 Å². The molecule has 1 aromatic heterocycles. The number of aryl methyl sites for hydroxylation is 1. The summed E-state index contributed by atoms with van der Waals surface area (Å²) in [4.78, 5) is 0. The molecule has 7 nitrogen and oxygen atoms in total. The maximum absolute atomic E-state index is 5.90. The Morgan fingerprint density at radius 2 is 1.86 bits per heavy atom. The van der Waals surface area contributed by atoms with Crippen LogP contribution in [0.5, 0.6) is 11.5 Å². The number of hydrogen-bond donors (Lipinski definition) is 1. The smallest absolute Gasteiger partial charge is 0.231 e. The highest BCUT2D eigenvalue weighted by molar-refractivity contribution is 6.14. The van der Waals surface area contributed by atoms with Gasteiger partial charge in [0.15, 0.2) is 17.3 Å². The van der Waals surface area contributed by atoms with Crippen molar-refractivity contribution in [1.82, 2.24) is 10.2 Å². The zero-order valence-electron chi connectivity index (χ0n) is 16.4. The van der Waals surface area contributed by atoms with Gasteiger partial charge in [-0.15, -0.1) is 0 Å². The molecule has 0 fully saturated rings. The van der Waals surface area contributed by atoms with Crippen molar-refractivity contribution in [2.75, 3.05) is 12.5 Å². The molecule has 2 aliphatic heterocycles. The molecule has 0 saturated heterocycles. The van der Waals surface area contributed by atoms with Gasteiger partial charge in [-0.2, -0.15) is 5.10 Å². The molecule has 7 heteroatoms. The summed E-state index contributed by atoms with van der Waals surface area (Å²) < 4.78 is 16.7. The van der Waals surface area contributed by atoms with E-state index in [0.29, 0.717) is 6.54 Å². The number of benzene rings is 2. The standard InChI is InChI=1S/C22H22N4O3/c1-13-7-18(29-25-13)11-26-14(2)8-16-9-20-21(28-12-27-20)10-19(16)22(24-26)15-3-5-17(23)6-4-15/h3-7,9-10,14H,8,11-12,23H2,1-2H3. The lowest BCUT2D eigenvalue weighted by Gasteiger charge is -2.24. The Hall–Kier alpha value is -3.48. The molecule has 0 radical (unpaired) electrons. The highest BCUT2D eigenvalue weighted by Gasteiger charge is 2.27. The number of fused-ring (bicyclic) bond motifs is 2. The van der Waals surface area contributed by atoms with Gasteiger partial charge in [-0.25, -0.2) is 0 Å². The van der Waals surface area contributed by atoms with Crippen LogP contribution in [0.15, 0.2) is 52.1 Å². The fourth-order valence-electron chi connectivity index (χ4n) is 3.77. The monoisotopic (exact) mass is 390 g/mol. The summed E-state index contributed by atoms with van der Waals surface area (Å²) in [7, 11) is 0. The van der Waals surface area contributed by atoms with Crippen LogP contribution < -0.4 is 15.2 Å². The number of nitrogens with zero attached hydrogens (tertiary/aromatic N) is 3. The maximum atomic E-state index is 5.90. The Morgan fingerprint density at radius 3 is 2.59 bits per heavy atom. The molecule has 0 spiro atoms. The summed E-state index contributed by atoms with van der Waals surface area (Å²) in [6.45, 7) is 4.87. The van der Waals surface area contributed by atoms with Gasteiger partial charge in [-0.1, -0.05) is 17.3 Å². The van der Waals surface area contributed by atoms with Crippen LogP contribution in [0, 0.1) is 6.92 Å². The average molecular weight is 390 g/mol. The minimum absolute atomic E-state index is 0.158. The quantitative estimate of drug-likeness (QED) is 0.689. The van der Waals surface area contributed by atoms with Crippen LogP contribution in [-0.4, -0.2) is 28.7 Å². The average Bonchev–Trinajstić information content (AvgIpc) is 3.30. The Labute approximate surface area is 168 Å². The van der Waals surface area contributed by atoms with Gasteiger partial charge in [0.2, 0.25) is 6.79 Å². The topological polar surface area (TPSA) is 86.1 Å². The molecule has 2 aliphatic rings. The number of hydrogen-bond acceptors (Lipinski definition) is 7. The summed E-state index contributed by atoms with van der Waals surface area (Å²) >= 11 is 0. The molecule has 0 bridgehead atoms. The Bertz CT molecular complexity index is 1090. The fraction of sp³-hybridized carbons (Fsp3) is 0.273. The van der Waals surface area contributed by atoms with Gasteiger partial charge >= 0.3 is 0 Å². The van der Waals surface area contributed by atoms with Crippen molar-refractivity contribution in [2.45, 2.75) is 32.9 Å². The predicted octanol–water partition coefficient (Wildman–Crippen LogP) is 3.49. The summed E-state index contributed by atoms with van der Waals surface area (Å²) in [5, 5.41) is 11.1. The van der Waals surface area contributed by atoms with Crippen molar-refractivity contribution in [3.8, 4) is 11.5 Å². The van der Waals surface area contributed by atoms with Gasteiger partial charge < -0.3 is 19.7 Å². The van der Waals surface area contributed by atoms with E-state index in [-0.39, 0.29) is 12.8 Å². The number of nitrogen functional groups attached to an aromatic ring is 1. The highest BCUT2D eigenvalue weighted by Crippen LogP contribution is 2.37. The number of aromatic nitrogens is 1. The minimum Gasteiger partial charge on any atom is -0.454 e. The van der Waals surface area contributed by atoms with Crippen molar-refractivity contribution in [1.29, 1.82) is 0 Å². The molecule has 148 valence electrons. The normalized spacial score (nSPS) is 17.7. The van der Waals surface area contributed by atoms with E-state index in [4.69, 9.17) is 24.8 Å². The lowest BCUT2D eigenvalue weighted by Crippen LogP contribution is -2.29. The summed E-state index contributed by atoms with van der Waals surface area (Å²) in [6.07, 6.45) is 0.821. The molecular weight excluding hydrogens is 368 g/mol. The van der Waals surface area contributed by atoms with E-state index in [2.05, 4.69) is 23.2 Å². The largest absolute Gasteiger partial charge is 0.454 e. The third-order valence-electron chi connectivity index (χ3n) is 5.28. The number of nitrogens with two attached hydrogens (primary N) is 1. The van der Waals surface area contributed by atoms with Crippen LogP contribution in [0.1, 0.15) is 35.1 Å². The summed E-state index contributed by atoms with van der Waals surface area (Å²) in [5.74, 6) is 2.32. The van der Waals surface area contributed by atoms with Gasteiger partial charge in [0, 0.05) is 28.9 Å². The first-order valence-corrected chi connectivity index (χ1v) is 9.63. The molecule has 2 N–H and O–H groups in total. The Kier molecular flexibility index (Phi) is 4.16. The van der Waals surface area contributed by atoms with Crippen molar-refractivity contribution < 1.29 is 14.0 Å². The van der Waals surface area contributed by atoms with Gasteiger partial charge in [0.05, 0.1) is 18.0 Å². The number of rotatable bonds is 3. The fourth-order valence-corrected chi connectivity index (χ4v) is 3.77. The molecule has 0 saturated carbocycles. The summed E-state index contributed by atoms with van der Waals surface area (Å²) in [5.41, 5.74) is 11.6. The van der Waals surface area contributed by atoms with Crippen LogP contribution in [-0.2, 0) is 13.0 Å². The second-order valence-electron chi connectivity index (χ2n) is 7.52. The van der Waals surface area contributed by atoms with E-state index in [9.17, 15) is 0 Å². The SMILES string of the molecule is Cc1cc(CN2N=C(c3ccc(N)cc3)c3cc4c(cc3CC2C)OCO4)on1. The van der Waals surface area contributed by atoms with E-state index in [1.807, 2.05) is 43.3 Å². The van der Waals surface area contributed by atoms with Gasteiger partial charge in [-0.05, 0) is 50.1 Å². The Morgan fingerprint density at radius 1 is 1.10 bits per heavy atom. The van der Waals surface area contributed by atoms with E-state index < -0.39 is 0 Å². The van der Waals surface area contributed by atoms with E-state index in [1.54, 1.807) is 0 Å². The van der Waals surface area contributed by atoms with Crippen LogP contribution in [0.4, 0.5) is 5.69 Å².